The molecule has 1 saturated heterocycles. The molecule has 0 radical (unpaired) electrons. The van der Waals surface area contributed by atoms with Crippen LogP contribution in [-0.4, -0.2) is 93.5 Å². The maximum atomic E-state index is 14.4. The van der Waals surface area contributed by atoms with E-state index < -0.39 is 34.8 Å². The molecule has 2 heterocycles. The van der Waals surface area contributed by atoms with Crippen LogP contribution in [0.15, 0.2) is 72.8 Å². The van der Waals surface area contributed by atoms with E-state index in [2.05, 4.69) is 20.4 Å². The lowest BCUT2D eigenvalue weighted by Gasteiger charge is -2.32. The Morgan fingerprint density at radius 2 is 1.72 bits per heavy atom. The Kier molecular flexibility index (Phi) is 15.1. The van der Waals surface area contributed by atoms with Crippen LogP contribution in [0.4, 0.5) is 34.3 Å². The Morgan fingerprint density at radius 3 is 2.42 bits per heavy atom. The van der Waals surface area contributed by atoms with Gasteiger partial charge in [0, 0.05) is 57.0 Å². The lowest BCUT2D eigenvalue weighted by Crippen LogP contribution is -2.43. The number of esters is 1. The third-order valence-electron chi connectivity index (χ3n) is 8.88. The van der Waals surface area contributed by atoms with E-state index in [1.165, 1.54) is 31.2 Å². The number of nitrogens with one attached hydrogen (secondary N) is 2. The molecule has 0 aliphatic carbocycles. The second-order valence-corrected chi connectivity index (χ2v) is 14.1. The molecule has 1 amide bonds. The van der Waals surface area contributed by atoms with Gasteiger partial charge in [-0.05, 0) is 43.3 Å². The summed E-state index contributed by atoms with van der Waals surface area (Å²) in [5.74, 6) is -0.921. The van der Waals surface area contributed by atoms with Crippen LogP contribution in [0.2, 0.25) is 0 Å². The van der Waals surface area contributed by atoms with Crippen molar-refractivity contribution in [1.29, 1.82) is 0 Å². The van der Waals surface area contributed by atoms with Crippen LogP contribution in [-0.2, 0) is 33.5 Å². The first-order chi connectivity index (χ1) is 27.3. The number of nitro benzene ring substituents is 1. The molecule has 1 aliphatic rings. The second kappa shape index (κ2) is 20.1. The lowest BCUT2D eigenvalue weighted by atomic mass is 10.0. The van der Waals surface area contributed by atoms with Crippen molar-refractivity contribution in [3.05, 3.63) is 110 Å². The first kappa shape index (κ1) is 42.7. The number of carbonyl (C=O) groups is 2. The van der Waals surface area contributed by atoms with Crippen LogP contribution >= 0.6 is 11.3 Å². The number of nitrogens with zero attached hydrogens (tertiary/aromatic N) is 3. The molecule has 4 aromatic rings. The van der Waals surface area contributed by atoms with Crippen molar-refractivity contribution in [1.82, 2.24) is 15.1 Å². The average molecular weight is 816 g/mol. The van der Waals surface area contributed by atoms with Gasteiger partial charge < -0.3 is 39.2 Å². The lowest BCUT2D eigenvalue weighted by molar-refractivity contribution is -0.383. The van der Waals surface area contributed by atoms with Crippen molar-refractivity contribution < 1.29 is 51.4 Å². The molecule has 18 heteroatoms. The number of halogens is 3. The number of amides is 1. The van der Waals surface area contributed by atoms with Crippen LogP contribution in [0.25, 0.3) is 0 Å². The van der Waals surface area contributed by atoms with Gasteiger partial charge in [-0.15, -0.1) is 11.3 Å². The molecule has 14 nitrogen and oxygen atoms in total. The van der Waals surface area contributed by atoms with Crippen molar-refractivity contribution in [2.45, 2.75) is 32.4 Å². The highest BCUT2D eigenvalue weighted by atomic mass is 32.1. The summed E-state index contributed by atoms with van der Waals surface area (Å²) in [7, 11) is 3.20. The second-order valence-electron chi connectivity index (χ2n) is 13.1. The Bertz CT molecular complexity index is 1970. The van der Waals surface area contributed by atoms with Gasteiger partial charge in [-0.1, -0.05) is 42.5 Å². The summed E-state index contributed by atoms with van der Waals surface area (Å²) in [5.41, 5.74) is 0.437. The van der Waals surface area contributed by atoms with E-state index in [4.69, 9.17) is 23.7 Å². The Balaban J connectivity index is 1.20. The summed E-state index contributed by atoms with van der Waals surface area (Å²) in [4.78, 5) is 40.5. The highest BCUT2D eigenvalue weighted by Crippen LogP contribution is 2.42. The van der Waals surface area contributed by atoms with Crippen molar-refractivity contribution >= 4 is 39.8 Å². The first-order valence-electron chi connectivity index (χ1n) is 18.0. The molecule has 5 rings (SSSR count). The van der Waals surface area contributed by atoms with E-state index in [1.54, 1.807) is 12.1 Å². The number of nitro groups is 1. The summed E-state index contributed by atoms with van der Waals surface area (Å²) < 4.78 is 70.0. The minimum Gasteiger partial charge on any atom is -0.491 e. The molecule has 2 N–H and O–H groups in total. The third kappa shape index (κ3) is 12.5. The molecule has 1 aromatic heterocycles. The van der Waals surface area contributed by atoms with Gasteiger partial charge in [-0.25, -0.2) is 9.59 Å². The number of carbonyl (C=O) groups excluding carboxylic acids is 2. The fourth-order valence-electron chi connectivity index (χ4n) is 5.90. The number of anilines is 2. The van der Waals surface area contributed by atoms with Gasteiger partial charge >= 0.3 is 18.2 Å². The van der Waals surface area contributed by atoms with Crippen LogP contribution in [0.1, 0.15) is 45.0 Å². The van der Waals surface area contributed by atoms with Gasteiger partial charge in [-0.3, -0.25) is 15.0 Å². The zero-order valence-corrected chi connectivity index (χ0v) is 32.5. The number of benzene rings is 3. The van der Waals surface area contributed by atoms with Crippen LogP contribution in [0, 0.1) is 10.1 Å². The van der Waals surface area contributed by atoms with E-state index in [9.17, 15) is 32.9 Å². The molecule has 57 heavy (non-hydrogen) atoms. The molecule has 0 spiro atoms. The van der Waals surface area contributed by atoms with Crippen molar-refractivity contribution in [2.75, 3.05) is 72.0 Å². The van der Waals surface area contributed by atoms with Gasteiger partial charge in [0.2, 0.25) is 0 Å². The molecule has 306 valence electrons. The average Bonchev–Trinajstić information content (AvgIpc) is 3.58. The predicted molar refractivity (Wildman–Crippen MR) is 206 cm³/mol. The highest BCUT2D eigenvalue weighted by Gasteiger charge is 2.36. The van der Waals surface area contributed by atoms with Gasteiger partial charge in [0.15, 0.2) is 4.88 Å². The number of thiophene rings is 1. The van der Waals surface area contributed by atoms with E-state index in [0.29, 0.717) is 6.54 Å². The molecular weight excluding hydrogens is 772 g/mol. The van der Waals surface area contributed by atoms with Crippen molar-refractivity contribution in [2.24, 2.45) is 0 Å². The zero-order chi connectivity index (χ0) is 41.0. The number of alkyl halides is 3. The third-order valence-corrected chi connectivity index (χ3v) is 9.89. The number of rotatable bonds is 18. The maximum Gasteiger partial charge on any atom is 0.416 e. The van der Waals surface area contributed by atoms with E-state index in [1.807, 2.05) is 37.4 Å². The minimum absolute atomic E-state index is 0.0396. The molecular formula is C39H44F3N5O9S. The molecule has 1 unspecified atom stereocenters. The molecule has 1 aliphatic heterocycles. The number of ether oxygens (including phenoxy) is 5. The SMILES string of the molecule is COC(=O)c1sc(Nc2cc(CN3CCN(C)CC3)ccc2[N+](=O)[O-])cc1OC(C)c1ccc(OCCOCCNC(=O)OCc2ccccc2)cc1C(F)(F)F. The Hall–Kier alpha value is -5.43. The first-order valence-corrected chi connectivity index (χ1v) is 18.8. The van der Waals surface area contributed by atoms with Gasteiger partial charge in [-0.2, -0.15) is 13.2 Å². The summed E-state index contributed by atoms with van der Waals surface area (Å²) in [6, 6.07) is 18.8. The molecule has 3 aromatic carbocycles. The number of hydrogen-bond acceptors (Lipinski definition) is 13. The minimum atomic E-state index is -4.79. The zero-order valence-electron chi connectivity index (χ0n) is 31.6. The number of likely N-dealkylation sites (N-methyl/N-ethyl adjacent to an activating group) is 1. The summed E-state index contributed by atoms with van der Waals surface area (Å²) in [6.07, 6.45) is -6.61. The molecule has 0 bridgehead atoms. The largest absolute Gasteiger partial charge is 0.491 e. The highest BCUT2D eigenvalue weighted by molar-refractivity contribution is 7.18. The topological polar surface area (TPSA) is 154 Å². The van der Waals surface area contributed by atoms with Crippen molar-refractivity contribution in [3.63, 3.8) is 0 Å². The Morgan fingerprint density at radius 1 is 0.965 bits per heavy atom. The number of piperazine rings is 1. The molecule has 1 atom stereocenters. The van der Waals surface area contributed by atoms with Gasteiger partial charge in [0.25, 0.3) is 5.69 Å². The van der Waals surface area contributed by atoms with E-state index >= 15 is 0 Å². The molecule has 0 saturated carbocycles. The normalized spacial score (nSPS) is 14.1. The monoisotopic (exact) mass is 815 g/mol. The fraction of sp³-hybridized carbons (Fsp3) is 0.385. The number of hydrogen-bond donors (Lipinski definition) is 2. The summed E-state index contributed by atoms with van der Waals surface area (Å²) in [6.45, 7) is 5.86. The van der Waals surface area contributed by atoms with E-state index in [-0.39, 0.29) is 71.3 Å². The smallest absolute Gasteiger partial charge is 0.416 e. The quantitative estimate of drug-likeness (QED) is 0.0445. The maximum absolute atomic E-state index is 14.4. The van der Waals surface area contributed by atoms with Crippen LogP contribution in [0.5, 0.6) is 11.5 Å². The number of alkyl carbamates (subject to hydrolysis) is 1. The van der Waals surface area contributed by atoms with E-state index in [0.717, 1.165) is 61.8 Å². The van der Waals surface area contributed by atoms with Crippen molar-refractivity contribution in [3.8, 4) is 11.5 Å². The Labute approximate surface area is 331 Å². The van der Waals surface area contributed by atoms with Gasteiger partial charge in [0.05, 0.1) is 35.8 Å². The summed E-state index contributed by atoms with van der Waals surface area (Å²) in [5, 5.41) is 17.8. The summed E-state index contributed by atoms with van der Waals surface area (Å²) >= 11 is 0.887. The fourth-order valence-corrected chi connectivity index (χ4v) is 6.82. The van der Waals surface area contributed by atoms with Gasteiger partial charge in [0.1, 0.15) is 36.5 Å². The van der Waals surface area contributed by atoms with Crippen LogP contribution in [0.3, 0.4) is 0 Å². The standard InChI is InChI=1S/C39H44F3N5O9S/c1-26(30-11-10-29(22-31(30)39(40,41)42)54-20-19-53-18-13-43-38(49)55-25-27-7-5-4-6-8-27)56-34-23-35(57-36(34)37(48)52-3)44-32-21-28(9-12-33(32)47(50)51)24-46-16-14-45(2)15-17-46/h4-12,21-23,26,44H,13-20,24-25H2,1-3H3,(H,43,49). The number of methoxy groups -OCH3 is 1. The predicted octanol–water partition coefficient (Wildman–Crippen LogP) is 7.41. The molecule has 1 fully saturated rings. The van der Waals surface area contributed by atoms with Crippen LogP contribution < -0.4 is 20.1 Å².